The van der Waals surface area contributed by atoms with E-state index in [9.17, 15) is 14.4 Å². The number of aromatic carboxylic acids is 1. The maximum absolute atomic E-state index is 12.4. The highest BCUT2D eigenvalue weighted by molar-refractivity contribution is 5.86. The number of alkyl carbamates (subject to hydrolysis) is 1. The van der Waals surface area contributed by atoms with Crippen LogP contribution in [0.4, 0.5) is 4.79 Å². The Morgan fingerprint density at radius 1 is 1.03 bits per heavy atom. The quantitative estimate of drug-likeness (QED) is 0.453. The van der Waals surface area contributed by atoms with Crippen LogP contribution in [0, 0.1) is 5.92 Å². The average molecular weight is 476 g/mol. The number of fused-ring (bicyclic) bond motifs is 3. The topological polar surface area (TPSA) is 131 Å². The van der Waals surface area contributed by atoms with Gasteiger partial charge >= 0.3 is 12.1 Å². The Morgan fingerprint density at radius 2 is 1.69 bits per heavy atom. The second-order valence-electron chi connectivity index (χ2n) is 8.91. The molecule has 2 aliphatic rings. The molecular weight excluding hydrogens is 450 g/mol. The van der Waals surface area contributed by atoms with Gasteiger partial charge in [-0.25, -0.2) is 14.6 Å². The first kappa shape index (κ1) is 22.6. The lowest BCUT2D eigenvalue weighted by Gasteiger charge is -2.35. The van der Waals surface area contributed by atoms with Crippen molar-refractivity contribution < 1.29 is 28.6 Å². The van der Waals surface area contributed by atoms with Crippen molar-refractivity contribution in [3.05, 3.63) is 77.5 Å². The number of carboxylic acids is 1. The predicted octanol–water partition coefficient (Wildman–Crippen LogP) is 3.70. The molecule has 1 heterocycles. The summed E-state index contributed by atoms with van der Waals surface area (Å²) in [7, 11) is 0. The van der Waals surface area contributed by atoms with Gasteiger partial charge in [-0.2, -0.15) is 0 Å². The van der Waals surface area contributed by atoms with E-state index in [1.54, 1.807) is 0 Å². The molecule has 0 spiro atoms. The molecule has 2 aromatic carbocycles. The van der Waals surface area contributed by atoms with Gasteiger partial charge in [0.05, 0.1) is 6.54 Å². The largest absolute Gasteiger partial charge is 0.476 e. The number of carbonyl (C=O) groups is 3. The summed E-state index contributed by atoms with van der Waals surface area (Å²) in [6, 6.07) is 16.3. The Bertz CT molecular complexity index is 1220. The maximum Gasteiger partial charge on any atom is 0.407 e. The molecule has 1 aromatic heterocycles. The summed E-state index contributed by atoms with van der Waals surface area (Å²) in [4.78, 5) is 39.2. The summed E-state index contributed by atoms with van der Waals surface area (Å²) in [5, 5.41) is 14.6. The van der Waals surface area contributed by atoms with E-state index < -0.39 is 12.1 Å². The molecule has 3 aromatic rings. The van der Waals surface area contributed by atoms with Gasteiger partial charge in [0, 0.05) is 18.4 Å². The Morgan fingerprint density at radius 3 is 2.34 bits per heavy atom. The summed E-state index contributed by atoms with van der Waals surface area (Å²) in [6.45, 7) is 0.229. The zero-order valence-electron chi connectivity index (χ0n) is 18.9. The number of ether oxygens (including phenoxy) is 1. The Labute approximate surface area is 201 Å². The Kier molecular flexibility index (Phi) is 6.22. The number of oxazole rings is 1. The van der Waals surface area contributed by atoms with Crippen LogP contribution in [0.2, 0.25) is 0 Å². The van der Waals surface area contributed by atoms with E-state index in [1.165, 1.54) is 11.1 Å². The molecule has 2 amide bonds. The number of benzene rings is 2. The lowest BCUT2D eigenvalue weighted by atomic mass is 9.78. The zero-order valence-corrected chi connectivity index (χ0v) is 18.9. The third-order valence-corrected chi connectivity index (χ3v) is 6.67. The van der Waals surface area contributed by atoms with Gasteiger partial charge in [-0.05, 0) is 41.0 Å². The summed E-state index contributed by atoms with van der Waals surface area (Å²) < 4.78 is 10.6. The lowest BCUT2D eigenvalue weighted by Crippen LogP contribution is -2.46. The van der Waals surface area contributed by atoms with Gasteiger partial charge < -0.3 is 24.9 Å². The third kappa shape index (κ3) is 4.75. The van der Waals surface area contributed by atoms with E-state index >= 15 is 0 Å². The first-order valence-electron chi connectivity index (χ1n) is 11.5. The van der Waals surface area contributed by atoms with E-state index in [4.69, 9.17) is 14.3 Å². The van der Waals surface area contributed by atoms with Gasteiger partial charge in [-0.15, -0.1) is 0 Å². The van der Waals surface area contributed by atoms with Crippen molar-refractivity contribution >= 4 is 18.0 Å². The van der Waals surface area contributed by atoms with Crippen LogP contribution in [0.5, 0.6) is 0 Å². The molecular formula is C26H25N3O6. The van der Waals surface area contributed by atoms with E-state index in [0.29, 0.717) is 19.3 Å². The van der Waals surface area contributed by atoms with Crippen molar-refractivity contribution in [3.8, 4) is 11.1 Å². The maximum atomic E-state index is 12.4. The van der Waals surface area contributed by atoms with Crippen LogP contribution < -0.4 is 10.6 Å². The van der Waals surface area contributed by atoms with Crippen molar-refractivity contribution in [2.45, 2.75) is 37.8 Å². The van der Waals surface area contributed by atoms with Crippen LogP contribution in [-0.4, -0.2) is 40.7 Å². The summed E-state index contributed by atoms with van der Waals surface area (Å²) in [5.41, 5.74) is 4.48. The van der Waals surface area contributed by atoms with Gasteiger partial charge in [-0.1, -0.05) is 48.5 Å². The molecule has 1 fully saturated rings. The highest BCUT2D eigenvalue weighted by Crippen LogP contribution is 2.44. The minimum absolute atomic E-state index is 0.0111. The van der Waals surface area contributed by atoms with E-state index in [2.05, 4.69) is 39.9 Å². The molecule has 9 nitrogen and oxygen atoms in total. The monoisotopic (exact) mass is 475 g/mol. The van der Waals surface area contributed by atoms with Crippen molar-refractivity contribution in [3.63, 3.8) is 0 Å². The van der Waals surface area contributed by atoms with E-state index in [0.717, 1.165) is 17.5 Å². The van der Waals surface area contributed by atoms with E-state index in [1.807, 2.05) is 24.3 Å². The fourth-order valence-electron chi connectivity index (χ4n) is 4.91. The summed E-state index contributed by atoms with van der Waals surface area (Å²) in [6.07, 6.45) is 2.24. The molecule has 1 saturated carbocycles. The molecule has 0 aliphatic heterocycles. The van der Waals surface area contributed by atoms with Crippen LogP contribution in [0.3, 0.4) is 0 Å². The lowest BCUT2D eigenvalue weighted by molar-refractivity contribution is -0.123. The minimum atomic E-state index is -1.20. The molecule has 3 N–H and O–H groups in total. The first-order valence-corrected chi connectivity index (χ1v) is 11.5. The molecule has 35 heavy (non-hydrogen) atoms. The molecule has 0 unspecified atom stereocenters. The average Bonchev–Trinajstić information content (AvgIpc) is 3.43. The molecule has 5 rings (SSSR count). The van der Waals surface area contributed by atoms with Crippen LogP contribution in [0.15, 0.2) is 59.3 Å². The number of amides is 2. The van der Waals surface area contributed by atoms with Gasteiger partial charge in [-0.3, -0.25) is 4.79 Å². The standard InChI is InChI=1S/C26H25N3O6/c30-23(27-12-22-24(25(31)32)28-14-35-22)11-15-9-16(10-15)29-26(33)34-13-21-19-7-3-1-5-17(19)18-6-2-4-8-20(18)21/h1-8,14-16,21H,9-13H2,(H,27,30)(H,29,33)(H,31,32). The molecule has 9 heteroatoms. The Hall–Kier alpha value is -4.14. The number of nitrogens with one attached hydrogen (secondary N) is 2. The van der Waals surface area contributed by atoms with E-state index in [-0.39, 0.29) is 48.4 Å². The SMILES string of the molecule is O=C(CC1CC(NC(=O)OCC2c3ccccc3-c3ccccc32)C1)NCc1ocnc1C(=O)O. The van der Waals surface area contributed by atoms with Crippen LogP contribution >= 0.6 is 0 Å². The zero-order chi connectivity index (χ0) is 24.4. The second kappa shape index (κ2) is 9.61. The number of hydrogen-bond donors (Lipinski definition) is 3. The number of carboxylic acid groups (broad SMARTS) is 1. The molecule has 2 aliphatic carbocycles. The van der Waals surface area contributed by atoms with Crippen LogP contribution in [0.1, 0.15) is 52.6 Å². The summed E-state index contributed by atoms with van der Waals surface area (Å²) in [5.74, 6) is -1.15. The van der Waals surface area contributed by atoms with Gasteiger partial charge in [0.25, 0.3) is 0 Å². The highest BCUT2D eigenvalue weighted by Gasteiger charge is 2.33. The minimum Gasteiger partial charge on any atom is -0.476 e. The number of rotatable bonds is 8. The fourth-order valence-corrected chi connectivity index (χ4v) is 4.91. The van der Waals surface area contributed by atoms with Crippen molar-refractivity contribution in [1.29, 1.82) is 0 Å². The smallest absolute Gasteiger partial charge is 0.407 e. The summed E-state index contributed by atoms with van der Waals surface area (Å²) >= 11 is 0. The van der Waals surface area contributed by atoms with Crippen LogP contribution in [-0.2, 0) is 16.1 Å². The normalized spacial score (nSPS) is 18.2. The van der Waals surface area contributed by atoms with Crippen molar-refractivity contribution in [1.82, 2.24) is 15.6 Å². The third-order valence-electron chi connectivity index (χ3n) is 6.67. The van der Waals surface area contributed by atoms with Crippen molar-refractivity contribution in [2.24, 2.45) is 5.92 Å². The van der Waals surface area contributed by atoms with Gasteiger partial charge in [0.2, 0.25) is 5.91 Å². The van der Waals surface area contributed by atoms with Crippen molar-refractivity contribution in [2.75, 3.05) is 6.61 Å². The Balaban J connectivity index is 1.05. The number of hydrogen-bond acceptors (Lipinski definition) is 6. The van der Waals surface area contributed by atoms with Gasteiger partial charge in [0.1, 0.15) is 6.61 Å². The predicted molar refractivity (Wildman–Crippen MR) is 125 cm³/mol. The molecule has 0 saturated heterocycles. The number of carbonyl (C=O) groups excluding carboxylic acids is 2. The fraction of sp³-hybridized carbons (Fsp3) is 0.308. The molecule has 0 bridgehead atoms. The molecule has 0 atom stereocenters. The molecule has 0 radical (unpaired) electrons. The number of aromatic nitrogens is 1. The van der Waals surface area contributed by atoms with Gasteiger partial charge in [0.15, 0.2) is 17.8 Å². The van der Waals surface area contributed by atoms with Crippen LogP contribution in [0.25, 0.3) is 11.1 Å². The molecule has 180 valence electrons. The number of nitrogens with zero attached hydrogens (tertiary/aromatic N) is 1. The second-order valence-corrected chi connectivity index (χ2v) is 8.91. The highest BCUT2D eigenvalue weighted by atomic mass is 16.5. The first-order chi connectivity index (χ1) is 17.0.